The molecule has 0 aromatic heterocycles. The average Bonchev–Trinajstić information content (AvgIpc) is 2.55. The predicted molar refractivity (Wildman–Crippen MR) is 94.0 cm³/mol. The minimum Gasteiger partial charge on any atom is -0.495 e. The van der Waals surface area contributed by atoms with E-state index < -0.39 is 5.12 Å². The second-order valence-electron chi connectivity index (χ2n) is 5.14. The van der Waals surface area contributed by atoms with Crippen LogP contribution in [-0.4, -0.2) is 19.3 Å². The lowest BCUT2D eigenvalue weighted by atomic mass is 10.0. The molecule has 1 atom stereocenters. The summed E-state index contributed by atoms with van der Waals surface area (Å²) in [5, 5.41) is 0.696. The molecule has 0 unspecified atom stereocenters. The molecule has 122 valence electrons. The number of hydrogen-bond donors (Lipinski definition) is 5. The van der Waals surface area contributed by atoms with E-state index in [1.54, 1.807) is 19.2 Å². The monoisotopic (exact) mass is 333 g/mol. The van der Waals surface area contributed by atoms with Crippen molar-refractivity contribution in [3.63, 3.8) is 0 Å². The number of hydrazine groups is 2. The van der Waals surface area contributed by atoms with E-state index in [-0.39, 0.29) is 0 Å². The van der Waals surface area contributed by atoms with Gasteiger partial charge >= 0.3 is 0 Å². The van der Waals surface area contributed by atoms with Gasteiger partial charge in [-0.25, -0.2) is 5.01 Å². The van der Waals surface area contributed by atoms with E-state index >= 15 is 0 Å². The second-order valence-corrected chi connectivity index (χ2v) is 5.82. The number of nitrogens with one attached hydrogen (secondary N) is 2. The molecule has 3 rings (SSSR count). The fourth-order valence-electron chi connectivity index (χ4n) is 2.40. The number of anilines is 2. The molecule has 1 fully saturated rings. The molecule has 0 amide bonds. The highest BCUT2D eigenvalue weighted by Crippen LogP contribution is 2.37. The van der Waals surface area contributed by atoms with Crippen molar-refractivity contribution in [1.29, 1.82) is 0 Å². The van der Waals surface area contributed by atoms with Gasteiger partial charge in [0.15, 0.2) is 0 Å². The van der Waals surface area contributed by atoms with Crippen molar-refractivity contribution in [2.45, 2.75) is 5.12 Å². The van der Waals surface area contributed by atoms with E-state index in [9.17, 15) is 0 Å². The number of benzene rings is 2. The van der Waals surface area contributed by atoms with Crippen LogP contribution in [0.4, 0.5) is 11.4 Å². The van der Waals surface area contributed by atoms with Gasteiger partial charge in [0.05, 0.1) is 25.6 Å². The third-order valence-electron chi connectivity index (χ3n) is 3.68. The summed E-state index contributed by atoms with van der Waals surface area (Å²) >= 11 is 4.31. The number of hydrogen-bond acceptors (Lipinski definition) is 8. The third kappa shape index (κ3) is 2.77. The summed E-state index contributed by atoms with van der Waals surface area (Å²) in [5.74, 6) is 1.30. The van der Waals surface area contributed by atoms with E-state index in [4.69, 9.17) is 20.9 Å². The van der Waals surface area contributed by atoms with Crippen LogP contribution in [0.1, 0.15) is 0 Å². The van der Waals surface area contributed by atoms with Crippen molar-refractivity contribution in [2.24, 2.45) is 5.73 Å². The number of methoxy groups -OCH3 is 2. The van der Waals surface area contributed by atoms with Crippen LogP contribution in [0.15, 0.2) is 36.4 Å². The minimum atomic E-state index is -0.973. The molecule has 0 aliphatic carbocycles. The van der Waals surface area contributed by atoms with Crippen molar-refractivity contribution >= 4 is 24.0 Å². The van der Waals surface area contributed by atoms with E-state index in [0.717, 1.165) is 16.8 Å². The van der Waals surface area contributed by atoms with Gasteiger partial charge in [-0.2, -0.15) is 11.0 Å². The van der Waals surface area contributed by atoms with Crippen molar-refractivity contribution in [1.82, 2.24) is 11.0 Å². The van der Waals surface area contributed by atoms with Gasteiger partial charge in [0.25, 0.3) is 0 Å². The first kappa shape index (κ1) is 15.8. The Morgan fingerprint density at radius 2 is 1.65 bits per heavy atom. The number of rotatable bonds is 4. The first-order valence-corrected chi connectivity index (χ1v) is 7.37. The van der Waals surface area contributed by atoms with E-state index in [2.05, 4.69) is 23.6 Å². The molecule has 2 aromatic carbocycles. The molecule has 1 aliphatic rings. The molecule has 1 saturated heterocycles. The Morgan fingerprint density at radius 3 is 2.17 bits per heavy atom. The molecular formula is C15H19N5O2S. The average molecular weight is 333 g/mol. The van der Waals surface area contributed by atoms with Crippen LogP contribution in [0, 0.1) is 0 Å². The van der Waals surface area contributed by atoms with Gasteiger partial charge in [0.1, 0.15) is 11.5 Å². The number of ether oxygens (including phenoxy) is 2. The smallest absolute Gasteiger partial charge is 0.220 e. The molecule has 0 saturated carbocycles. The first-order valence-electron chi connectivity index (χ1n) is 6.92. The van der Waals surface area contributed by atoms with Gasteiger partial charge in [-0.05, 0) is 35.4 Å². The largest absolute Gasteiger partial charge is 0.495 e. The quantitative estimate of drug-likeness (QED) is 0.327. The predicted octanol–water partition coefficient (Wildman–Crippen LogP) is 1.28. The highest BCUT2D eigenvalue weighted by Gasteiger charge is 2.39. The van der Waals surface area contributed by atoms with Crippen molar-refractivity contribution < 1.29 is 9.47 Å². The maximum Gasteiger partial charge on any atom is 0.220 e. The number of nitrogens with two attached hydrogens (primary N) is 2. The van der Waals surface area contributed by atoms with Gasteiger partial charge in [-0.15, -0.1) is 12.6 Å². The lowest BCUT2D eigenvalue weighted by Crippen LogP contribution is -2.82. The third-order valence-corrected chi connectivity index (χ3v) is 3.99. The number of thiol groups is 1. The maximum absolute atomic E-state index is 5.96. The van der Waals surface area contributed by atoms with Crippen LogP contribution in [0.3, 0.4) is 0 Å². The molecule has 6 N–H and O–H groups in total. The highest BCUT2D eigenvalue weighted by molar-refractivity contribution is 7.81. The molecule has 7 nitrogen and oxygen atoms in total. The Morgan fingerprint density at radius 1 is 1.04 bits per heavy atom. The van der Waals surface area contributed by atoms with Gasteiger partial charge in [-0.3, -0.25) is 5.73 Å². The van der Waals surface area contributed by atoms with Crippen LogP contribution in [0.5, 0.6) is 11.5 Å². The summed E-state index contributed by atoms with van der Waals surface area (Å²) in [4.78, 5) is 0. The lowest BCUT2D eigenvalue weighted by Gasteiger charge is -2.48. The van der Waals surface area contributed by atoms with Crippen molar-refractivity contribution in [3.05, 3.63) is 36.4 Å². The van der Waals surface area contributed by atoms with Gasteiger partial charge < -0.3 is 15.2 Å². The summed E-state index contributed by atoms with van der Waals surface area (Å²) in [6.07, 6.45) is 0. The van der Waals surface area contributed by atoms with Crippen LogP contribution < -0.4 is 36.9 Å². The SMILES string of the molecule is COc1cc(-c2ccc(N3NN[C@]3(N)S)c(OC)c2)ccc1N. The molecule has 0 bridgehead atoms. The fraction of sp³-hybridized carbons (Fsp3) is 0.200. The summed E-state index contributed by atoms with van der Waals surface area (Å²) in [5.41, 5.74) is 20.8. The normalized spacial score (nSPS) is 20.1. The first-order chi connectivity index (χ1) is 11.0. The van der Waals surface area contributed by atoms with E-state index in [1.165, 1.54) is 0 Å². The van der Waals surface area contributed by atoms with Crippen LogP contribution in [0.25, 0.3) is 11.1 Å². The van der Waals surface area contributed by atoms with Gasteiger partial charge in [0.2, 0.25) is 5.12 Å². The molecule has 23 heavy (non-hydrogen) atoms. The summed E-state index contributed by atoms with van der Waals surface area (Å²) in [7, 11) is 3.20. The second kappa shape index (κ2) is 5.82. The minimum absolute atomic E-state index is 0.596. The van der Waals surface area contributed by atoms with Crippen molar-refractivity contribution in [2.75, 3.05) is 25.0 Å². The maximum atomic E-state index is 5.96. The molecule has 2 aromatic rings. The number of nitrogens with zero attached hydrogens (tertiary/aromatic N) is 1. The van der Waals surface area contributed by atoms with Gasteiger partial charge in [0, 0.05) is 0 Å². The van der Waals surface area contributed by atoms with Crippen LogP contribution >= 0.6 is 12.6 Å². The highest BCUT2D eigenvalue weighted by atomic mass is 32.1. The summed E-state index contributed by atoms with van der Waals surface area (Å²) in [6, 6.07) is 11.4. The molecular weight excluding hydrogens is 314 g/mol. The van der Waals surface area contributed by atoms with Crippen LogP contribution in [-0.2, 0) is 0 Å². The van der Waals surface area contributed by atoms with Gasteiger partial charge in [-0.1, -0.05) is 12.1 Å². The number of nitrogen functional groups attached to an aromatic ring is 1. The Bertz CT molecular complexity index is 738. The zero-order chi connectivity index (χ0) is 16.6. The Balaban J connectivity index is 1.99. The zero-order valence-corrected chi connectivity index (χ0v) is 13.7. The Labute approximate surface area is 139 Å². The van der Waals surface area contributed by atoms with E-state index in [0.29, 0.717) is 17.2 Å². The topological polar surface area (TPSA) is 97.8 Å². The molecule has 1 heterocycles. The van der Waals surface area contributed by atoms with E-state index in [1.807, 2.05) is 36.4 Å². The summed E-state index contributed by atoms with van der Waals surface area (Å²) < 4.78 is 10.8. The van der Waals surface area contributed by atoms with Crippen molar-refractivity contribution in [3.8, 4) is 22.6 Å². The standard InChI is InChI=1S/C15H19N5O2S/c1-21-13-7-9(3-5-11(13)16)10-4-6-12(14(8-10)22-2)20-15(17,23)18-19-20/h3-8,18-19,23H,16-17H2,1-2H3/t15-/m0/s1. The Hall–Kier alpha value is -2.13. The Kier molecular flexibility index (Phi) is 3.99. The zero-order valence-electron chi connectivity index (χ0n) is 12.8. The van der Waals surface area contributed by atoms with Crippen LogP contribution in [0.2, 0.25) is 0 Å². The molecule has 0 radical (unpaired) electrons. The fourth-order valence-corrected chi connectivity index (χ4v) is 2.61. The molecule has 8 heteroatoms. The summed E-state index contributed by atoms with van der Waals surface area (Å²) in [6.45, 7) is 0. The molecule has 1 aliphatic heterocycles. The lowest BCUT2D eigenvalue weighted by molar-refractivity contribution is 0.231. The molecule has 0 spiro atoms.